The summed E-state index contributed by atoms with van der Waals surface area (Å²) in [5.74, 6) is -0.131. The number of carbonyl (C=O) groups excluding carboxylic acids is 1. The molecule has 1 aliphatic rings. The molecule has 0 atom stereocenters. The average Bonchev–Trinajstić information content (AvgIpc) is 3.15. The molecule has 0 saturated carbocycles. The predicted molar refractivity (Wildman–Crippen MR) is 120 cm³/mol. The first-order chi connectivity index (χ1) is 13.9. The van der Waals surface area contributed by atoms with E-state index < -0.39 is 0 Å². The van der Waals surface area contributed by atoms with E-state index in [2.05, 4.69) is 15.7 Å². The largest absolute Gasteiger partial charge is 0.318 e. The number of benzene rings is 2. The van der Waals surface area contributed by atoms with Crippen LogP contribution in [0.5, 0.6) is 0 Å². The maximum atomic E-state index is 13.0. The van der Waals surface area contributed by atoms with Crippen LogP contribution < -0.4 is 5.01 Å². The summed E-state index contributed by atoms with van der Waals surface area (Å²) in [6, 6.07) is 17.0. The summed E-state index contributed by atoms with van der Waals surface area (Å²) in [4.78, 5) is 13.0. The van der Waals surface area contributed by atoms with E-state index >= 15 is 0 Å². The minimum absolute atomic E-state index is 0.131. The minimum atomic E-state index is -0.131. The van der Waals surface area contributed by atoms with Gasteiger partial charge in [0.1, 0.15) is 0 Å². The number of amides is 1. The lowest BCUT2D eigenvalue weighted by atomic mass is 10.1. The van der Waals surface area contributed by atoms with E-state index in [0.29, 0.717) is 21.3 Å². The Bertz CT molecular complexity index is 1180. The number of aromatic nitrogens is 1. The molecular weight excluding hydrogens is 405 g/mol. The number of carbonyl (C=O) groups is 1. The number of hydrogen-bond acceptors (Lipinski definition) is 2. The predicted octanol–water partition coefficient (Wildman–Crippen LogP) is 6.21. The lowest BCUT2D eigenvalue weighted by Crippen LogP contribution is -2.21. The molecule has 0 radical (unpaired) electrons. The Balaban J connectivity index is 1.73. The number of anilines is 1. The van der Waals surface area contributed by atoms with Gasteiger partial charge in [0.2, 0.25) is 0 Å². The van der Waals surface area contributed by atoms with Crippen molar-refractivity contribution < 1.29 is 4.79 Å². The van der Waals surface area contributed by atoms with E-state index in [1.165, 1.54) is 5.01 Å². The molecule has 3 aromatic rings. The zero-order valence-electron chi connectivity index (χ0n) is 16.3. The molecule has 29 heavy (non-hydrogen) atoms. The first-order valence-corrected chi connectivity index (χ1v) is 9.93. The van der Waals surface area contributed by atoms with E-state index in [-0.39, 0.29) is 5.91 Å². The van der Waals surface area contributed by atoms with Crippen molar-refractivity contribution in [1.29, 1.82) is 0 Å². The number of para-hydroxylation sites is 1. The van der Waals surface area contributed by atoms with Crippen LogP contribution in [0.3, 0.4) is 0 Å². The van der Waals surface area contributed by atoms with Crippen molar-refractivity contribution in [1.82, 2.24) is 4.57 Å². The van der Waals surface area contributed by atoms with E-state index in [9.17, 15) is 4.79 Å². The summed E-state index contributed by atoms with van der Waals surface area (Å²) in [7, 11) is 0. The highest BCUT2D eigenvalue weighted by Crippen LogP contribution is 2.30. The molecule has 4 nitrogen and oxygen atoms in total. The number of hydrogen-bond donors (Lipinski definition) is 0. The molecule has 146 valence electrons. The van der Waals surface area contributed by atoms with Gasteiger partial charge in [-0.05, 0) is 68.8 Å². The Hall–Kier alpha value is -2.82. The summed E-state index contributed by atoms with van der Waals surface area (Å²) in [6.07, 6.45) is 1.90. The lowest BCUT2D eigenvalue weighted by Gasteiger charge is -2.11. The van der Waals surface area contributed by atoms with Gasteiger partial charge in [0.25, 0.3) is 5.91 Å². The van der Waals surface area contributed by atoms with Crippen molar-refractivity contribution in [3.05, 3.63) is 87.2 Å². The van der Waals surface area contributed by atoms with Crippen molar-refractivity contribution in [3.63, 3.8) is 0 Å². The lowest BCUT2D eigenvalue weighted by molar-refractivity contribution is -0.114. The number of nitrogens with zero attached hydrogens (tertiary/aromatic N) is 3. The fraction of sp³-hybridized carbons (Fsp3) is 0.130. The third-order valence-corrected chi connectivity index (χ3v) is 5.73. The second-order valence-corrected chi connectivity index (χ2v) is 7.77. The first kappa shape index (κ1) is 19.5. The van der Waals surface area contributed by atoms with Gasteiger partial charge in [-0.2, -0.15) is 10.1 Å². The third kappa shape index (κ3) is 3.50. The van der Waals surface area contributed by atoms with Gasteiger partial charge >= 0.3 is 0 Å². The van der Waals surface area contributed by atoms with E-state index in [4.69, 9.17) is 23.2 Å². The van der Waals surface area contributed by atoms with Crippen molar-refractivity contribution in [3.8, 4) is 5.69 Å². The minimum Gasteiger partial charge on any atom is -0.318 e. The monoisotopic (exact) mass is 423 g/mol. The van der Waals surface area contributed by atoms with Gasteiger partial charge in [-0.3, -0.25) is 4.79 Å². The van der Waals surface area contributed by atoms with Crippen molar-refractivity contribution in [2.75, 3.05) is 5.01 Å². The molecule has 0 bridgehead atoms. The Morgan fingerprint density at radius 3 is 2.31 bits per heavy atom. The Morgan fingerprint density at radius 1 is 0.897 bits per heavy atom. The number of aryl methyl sites for hydroxylation is 1. The zero-order chi connectivity index (χ0) is 20.7. The Labute approximate surface area is 179 Å². The normalized spacial score (nSPS) is 15.3. The second-order valence-electron chi connectivity index (χ2n) is 6.96. The Morgan fingerprint density at radius 2 is 1.62 bits per heavy atom. The molecule has 1 amide bonds. The van der Waals surface area contributed by atoms with Crippen LogP contribution in [0.2, 0.25) is 10.0 Å². The molecule has 0 unspecified atom stereocenters. The van der Waals surface area contributed by atoms with Crippen LogP contribution in [0.25, 0.3) is 11.8 Å². The summed E-state index contributed by atoms with van der Waals surface area (Å²) < 4.78 is 2.09. The maximum Gasteiger partial charge on any atom is 0.280 e. The molecule has 4 rings (SSSR count). The fourth-order valence-electron chi connectivity index (χ4n) is 3.54. The SMILES string of the molecule is CC1=NN(c2ccccc2)C(=O)/C1=C/c1cc(C)n(-c2ccc(Cl)c(Cl)c2)c1C. The molecule has 2 aromatic carbocycles. The molecule has 0 N–H and O–H groups in total. The van der Waals surface area contributed by atoms with Gasteiger partial charge in [0.15, 0.2) is 0 Å². The number of rotatable bonds is 3. The average molecular weight is 424 g/mol. The molecule has 0 saturated heterocycles. The van der Waals surface area contributed by atoms with Crippen molar-refractivity contribution in [2.24, 2.45) is 5.10 Å². The molecule has 2 heterocycles. The van der Waals surface area contributed by atoms with Crippen LogP contribution in [0.15, 0.2) is 65.3 Å². The molecule has 0 fully saturated rings. The Kier molecular flexibility index (Phi) is 5.07. The maximum absolute atomic E-state index is 13.0. The quantitative estimate of drug-likeness (QED) is 0.461. The van der Waals surface area contributed by atoms with Crippen LogP contribution in [-0.2, 0) is 4.79 Å². The summed E-state index contributed by atoms with van der Waals surface area (Å²) >= 11 is 12.3. The topological polar surface area (TPSA) is 37.6 Å². The van der Waals surface area contributed by atoms with Gasteiger partial charge in [-0.15, -0.1) is 0 Å². The van der Waals surface area contributed by atoms with Gasteiger partial charge in [-0.1, -0.05) is 41.4 Å². The number of hydrazone groups is 1. The van der Waals surface area contributed by atoms with Gasteiger partial charge in [0.05, 0.1) is 27.0 Å². The van der Waals surface area contributed by atoms with E-state index in [1.54, 1.807) is 6.07 Å². The van der Waals surface area contributed by atoms with Gasteiger partial charge in [0, 0.05) is 17.1 Å². The number of halogens is 2. The molecule has 0 spiro atoms. The van der Waals surface area contributed by atoms with E-state index in [0.717, 1.165) is 28.3 Å². The molecule has 1 aliphatic heterocycles. The molecule has 0 aliphatic carbocycles. The molecular formula is C23H19Cl2N3O. The molecule has 6 heteroatoms. The van der Waals surface area contributed by atoms with Crippen molar-refractivity contribution >= 4 is 46.6 Å². The van der Waals surface area contributed by atoms with Gasteiger partial charge in [-0.25, -0.2) is 0 Å². The summed E-state index contributed by atoms with van der Waals surface area (Å²) in [6.45, 7) is 5.89. The van der Waals surface area contributed by atoms with Crippen LogP contribution >= 0.6 is 23.2 Å². The third-order valence-electron chi connectivity index (χ3n) is 4.99. The highest BCUT2D eigenvalue weighted by molar-refractivity contribution is 6.42. The smallest absolute Gasteiger partial charge is 0.280 e. The van der Waals surface area contributed by atoms with Crippen LogP contribution in [-0.4, -0.2) is 16.2 Å². The fourth-order valence-corrected chi connectivity index (χ4v) is 3.83. The zero-order valence-corrected chi connectivity index (χ0v) is 17.8. The second kappa shape index (κ2) is 7.54. The summed E-state index contributed by atoms with van der Waals surface area (Å²) in [5.41, 5.74) is 5.96. The van der Waals surface area contributed by atoms with Crippen molar-refractivity contribution in [2.45, 2.75) is 20.8 Å². The van der Waals surface area contributed by atoms with Crippen LogP contribution in [0, 0.1) is 13.8 Å². The standard InChI is InChI=1S/C23H19Cl2N3O/c1-14-11-17(16(3)27(14)19-9-10-21(24)22(25)13-19)12-20-15(2)26-28(23(20)29)18-7-5-4-6-8-18/h4-13H,1-3H3/b20-12+. The summed E-state index contributed by atoms with van der Waals surface area (Å²) in [5, 5.41) is 6.91. The van der Waals surface area contributed by atoms with Crippen LogP contribution in [0.1, 0.15) is 23.9 Å². The molecule has 1 aromatic heterocycles. The van der Waals surface area contributed by atoms with Crippen LogP contribution in [0.4, 0.5) is 5.69 Å². The highest BCUT2D eigenvalue weighted by Gasteiger charge is 2.29. The first-order valence-electron chi connectivity index (χ1n) is 9.18. The highest BCUT2D eigenvalue weighted by atomic mass is 35.5. The van der Waals surface area contributed by atoms with E-state index in [1.807, 2.05) is 69.3 Å². The van der Waals surface area contributed by atoms with Gasteiger partial charge < -0.3 is 4.57 Å².